The van der Waals surface area contributed by atoms with Crippen molar-refractivity contribution in [3.63, 3.8) is 0 Å². The Morgan fingerprint density at radius 3 is 2.76 bits per heavy atom. The van der Waals surface area contributed by atoms with Gasteiger partial charge in [-0.15, -0.1) is 0 Å². The van der Waals surface area contributed by atoms with Crippen molar-refractivity contribution in [3.8, 4) is 17.0 Å². The number of rotatable bonds is 3. The molecule has 170 valence electrons. The number of pyridine rings is 2. The number of amides is 3. The van der Waals surface area contributed by atoms with Crippen LogP contribution in [0.15, 0.2) is 24.5 Å². The fourth-order valence-electron chi connectivity index (χ4n) is 3.86. The SMILES string of the molecule is Cc1c(-c2cc3cc(NC(=O)NC4CC4)ncc3c(Cl)c2F)cnc2c1N(C(=O)O)CCO2. The van der Waals surface area contributed by atoms with Gasteiger partial charge in [0, 0.05) is 34.9 Å². The van der Waals surface area contributed by atoms with Crippen LogP contribution >= 0.6 is 11.6 Å². The third kappa shape index (κ3) is 3.86. The van der Waals surface area contributed by atoms with Crippen LogP contribution in [0.5, 0.6) is 5.88 Å². The summed E-state index contributed by atoms with van der Waals surface area (Å²) in [5, 5.41) is 15.9. The van der Waals surface area contributed by atoms with Gasteiger partial charge in [-0.25, -0.2) is 23.9 Å². The maximum Gasteiger partial charge on any atom is 0.412 e. The molecular formula is C22H19ClFN5O4. The van der Waals surface area contributed by atoms with Crippen molar-refractivity contribution >= 4 is 46.0 Å². The summed E-state index contributed by atoms with van der Waals surface area (Å²) in [4.78, 5) is 33.3. The quantitative estimate of drug-likeness (QED) is 0.515. The van der Waals surface area contributed by atoms with E-state index in [-0.39, 0.29) is 47.4 Å². The molecule has 2 aromatic heterocycles. The molecule has 0 radical (unpaired) electrons. The molecule has 3 amide bonds. The van der Waals surface area contributed by atoms with Crippen LogP contribution < -0.4 is 20.3 Å². The molecule has 1 aliphatic heterocycles. The summed E-state index contributed by atoms with van der Waals surface area (Å²) in [7, 11) is 0. The van der Waals surface area contributed by atoms with Crippen LogP contribution in [0.1, 0.15) is 18.4 Å². The lowest BCUT2D eigenvalue weighted by atomic mass is 9.97. The Balaban J connectivity index is 1.59. The molecule has 0 bridgehead atoms. The molecule has 1 saturated carbocycles. The number of benzene rings is 1. The molecular weight excluding hydrogens is 453 g/mol. The lowest BCUT2D eigenvalue weighted by molar-refractivity contribution is 0.196. The summed E-state index contributed by atoms with van der Waals surface area (Å²) in [6.45, 7) is 2.00. The summed E-state index contributed by atoms with van der Waals surface area (Å²) >= 11 is 6.33. The molecule has 9 nitrogen and oxygen atoms in total. The number of carbonyl (C=O) groups is 2. The molecule has 33 heavy (non-hydrogen) atoms. The van der Waals surface area contributed by atoms with Crippen LogP contribution in [0.3, 0.4) is 0 Å². The Hall–Kier alpha value is -3.66. The van der Waals surface area contributed by atoms with Crippen LogP contribution in [-0.4, -0.2) is 46.4 Å². The molecule has 0 atom stereocenters. The Bertz CT molecular complexity index is 1310. The van der Waals surface area contributed by atoms with E-state index in [1.54, 1.807) is 19.1 Å². The zero-order valence-electron chi connectivity index (χ0n) is 17.5. The van der Waals surface area contributed by atoms with Gasteiger partial charge in [-0.2, -0.15) is 0 Å². The molecule has 5 rings (SSSR count). The van der Waals surface area contributed by atoms with Crippen molar-refractivity contribution in [2.75, 3.05) is 23.4 Å². The largest absolute Gasteiger partial charge is 0.474 e. The highest BCUT2D eigenvalue weighted by Gasteiger charge is 2.29. The summed E-state index contributed by atoms with van der Waals surface area (Å²) in [6.07, 6.45) is 3.59. The number of halogens is 2. The minimum Gasteiger partial charge on any atom is -0.474 e. The lowest BCUT2D eigenvalue weighted by Gasteiger charge is -2.28. The van der Waals surface area contributed by atoms with Crippen LogP contribution in [0.2, 0.25) is 5.02 Å². The third-order valence-electron chi connectivity index (χ3n) is 5.67. The monoisotopic (exact) mass is 471 g/mol. The highest BCUT2D eigenvalue weighted by molar-refractivity contribution is 6.36. The van der Waals surface area contributed by atoms with Gasteiger partial charge < -0.3 is 15.2 Å². The van der Waals surface area contributed by atoms with Crippen molar-refractivity contribution < 1.29 is 23.8 Å². The van der Waals surface area contributed by atoms with Gasteiger partial charge in [0.2, 0.25) is 5.88 Å². The maximum atomic E-state index is 15.3. The molecule has 3 aromatic rings. The Kier molecular flexibility index (Phi) is 5.16. The Labute approximate surface area is 192 Å². The third-order valence-corrected chi connectivity index (χ3v) is 6.04. The zero-order chi connectivity index (χ0) is 23.3. The van der Waals surface area contributed by atoms with Crippen LogP contribution in [-0.2, 0) is 0 Å². The number of fused-ring (bicyclic) bond motifs is 2. The number of ether oxygens (including phenoxy) is 1. The highest BCUT2D eigenvalue weighted by atomic mass is 35.5. The van der Waals surface area contributed by atoms with E-state index < -0.39 is 11.9 Å². The lowest BCUT2D eigenvalue weighted by Crippen LogP contribution is -2.37. The average Bonchev–Trinajstić information content (AvgIpc) is 3.60. The van der Waals surface area contributed by atoms with Gasteiger partial charge in [0.15, 0.2) is 0 Å². The number of nitrogens with zero attached hydrogens (tertiary/aromatic N) is 3. The van der Waals surface area contributed by atoms with Crippen molar-refractivity contribution in [1.29, 1.82) is 0 Å². The van der Waals surface area contributed by atoms with Crippen molar-refractivity contribution in [2.24, 2.45) is 0 Å². The summed E-state index contributed by atoms with van der Waals surface area (Å²) in [6, 6.07) is 3.01. The van der Waals surface area contributed by atoms with E-state index in [0.717, 1.165) is 17.7 Å². The van der Waals surface area contributed by atoms with Gasteiger partial charge in [0.1, 0.15) is 23.9 Å². The molecule has 0 saturated heterocycles. The maximum absolute atomic E-state index is 15.3. The zero-order valence-corrected chi connectivity index (χ0v) is 18.2. The summed E-state index contributed by atoms with van der Waals surface area (Å²) in [5.41, 5.74) is 1.30. The Morgan fingerprint density at radius 2 is 2.03 bits per heavy atom. The fourth-order valence-corrected chi connectivity index (χ4v) is 4.12. The number of carbonyl (C=O) groups excluding carboxylic acids is 1. The minimum absolute atomic E-state index is 0.132. The van der Waals surface area contributed by atoms with E-state index in [0.29, 0.717) is 27.7 Å². The normalized spacial score (nSPS) is 15.1. The molecule has 3 N–H and O–H groups in total. The standard InChI is InChI=1S/C22H19ClFN5O4/c1-10-14(8-26-20-19(10)29(22(31)32)4-5-33-20)13-6-11-7-16(28-21(30)27-12-2-3-12)25-9-15(11)17(23)18(13)24/h6-9,12H,2-5H2,1H3,(H,31,32)(H2,25,27,28,30). The van der Waals surface area contributed by atoms with E-state index >= 15 is 4.39 Å². The van der Waals surface area contributed by atoms with Gasteiger partial charge in [0.25, 0.3) is 0 Å². The smallest absolute Gasteiger partial charge is 0.412 e. The number of aromatic nitrogens is 2. The molecule has 0 unspecified atom stereocenters. The van der Waals surface area contributed by atoms with Crippen molar-refractivity contribution in [1.82, 2.24) is 15.3 Å². The van der Waals surface area contributed by atoms with Gasteiger partial charge in [-0.05, 0) is 42.8 Å². The van der Waals surface area contributed by atoms with Crippen LogP contribution in [0.25, 0.3) is 21.9 Å². The first-order chi connectivity index (χ1) is 15.8. The highest BCUT2D eigenvalue weighted by Crippen LogP contribution is 2.41. The van der Waals surface area contributed by atoms with E-state index in [4.69, 9.17) is 16.3 Å². The molecule has 11 heteroatoms. The first kappa shape index (κ1) is 21.2. The van der Waals surface area contributed by atoms with Gasteiger partial charge in [-0.1, -0.05) is 11.6 Å². The first-order valence-electron chi connectivity index (χ1n) is 10.3. The number of carboxylic acid groups (broad SMARTS) is 1. The number of anilines is 2. The minimum atomic E-state index is -1.15. The summed E-state index contributed by atoms with van der Waals surface area (Å²) < 4.78 is 20.8. The van der Waals surface area contributed by atoms with Crippen molar-refractivity contribution in [2.45, 2.75) is 25.8 Å². The van der Waals surface area contributed by atoms with Gasteiger partial charge in [0.05, 0.1) is 11.6 Å². The van der Waals surface area contributed by atoms with Crippen molar-refractivity contribution in [3.05, 3.63) is 40.9 Å². The molecule has 1 aliphatic carbocycles. The van der Waals surface area contributed by atoms with E-state index in [9.17, 15) is 14.7 Å². The predicted octanol–water partition coefficient (Wildman–Crippen LogP) is 4.56. The second kappa shape index (κ2) is 8.04. The molecule has 2 aliphatic rings. The van der Waals surface area contributed by atoms with Gasteiger partial charge >= 0.3 is 12.1 Å². The number of hydrogen-bond acceptors (Lipinski definition) is 5. The second-order valence-electron chi connectivity index (χ2n) is 7.95. The van der Waals surface area contributed by atoms with Crippen LogP contribution in [0.4, 0.5) is 25.5 Å². The fraction of sp³-hybridized carbons (Fsp3) is 0.273. The number of urea groups is 1. The molecule has 1 fully saturated rings. The molecule has 1 aromatic carbocycles. The van der Waals surface area contributed by atoms with E-state index in [2.05, 4.69) is 20.6 Å². The first-order valence-corrected chi connectivity index (χ1v) is 10.7. The summed E-state index contributed by atoms with van der Waals surface area (Å²) in [5.74, 6) is -0.212. The molecule has 0 spiro atoms. The number of hydrogen-bond donors (Lipinski definition) is 3. The Morgan fingerprint density at radius 1 is 1.24 bits per heavy atom. The van der Waals surface area contributed by atoms with Crippen LogP contribution in [0, 0.1) is 12.7 Å². The van der Waals surface area contributed by atoms with Gasteiger partial charge in [-0.3, -0.25) is 10.2 Å². The molecule has 3 heterocycles. The average molecular weight is 472 g/mol. The topological polar surface area (TPSA) is 117 Å². The van der Waals surface area contributed by atoms with E-state index in [1.807, 2.05) is 0 Å². The number of nitrogens with one attached hydrogen (secondary N) is 2. The van der Waals surface area contributed by atoms with E-state index in [1.165, 1.54) is 12.4 Å². The second-order valence-corrected chi connectivity index (χ2v) is 8.33. The predicted molar refractivity (Wildman–Crippen MR) is 121 cm³/mol.